The van der Waals surface area contributed by atoms with Crippen LogP contribution in [0.15, 0.2) is 91.8 Å². The van der Waals surface area contributed by atoms with E-state index >= 15 is 0 Å². The minimum Gasteiger partial charge on any atom is -0.367 e. The maximum atomic E-state index is 4.62. The standard InChI is InChI=1S/C28H20N3.Ir/c1-3-20-11-13-21(14-12-20)22-17-27-25-15-16-29-31(25)26-10-6-9-24(28(26)30(27)18-22)23-8-5-4-7-19(23)2;/h3-9,11-18H,1H2,2H3;/q-1;. The van der Waals surface area contributed by atoms with Crippen molar-refractivity contribution in [3.05, 3.63) is 109 Å². The van der Waals surface area contributed by atoms with Crippen LogP contribution in [0.25, 0.3) is 50.4 Å². The molecule has 1 radical (unpaired) electrons. The van der Waals surface area contributed by atoms with E-state index in [1.807, 2.05) is 22.9 Å². The van der Waals surface area contributed by atoms with Crippen LogP contribution >= 0.6 is 0 Å². The molecule has 0 aliphatic carbocycles. The Bertz CT molecular complexity index is 1600. The number of aryl methyl sites for hydroxylation is 1. The van der Waals surface area contributed by atoms with Crippen molar-refractivity contribution in [3.8, 4) is 22.3 Å². The van der Waals surface area contributed by atoms with Crippen LogP contribution in [-0.4, -0.2) is 14.0 Å². The number of aromatic nitrogens is 3. The van der Waals surface area contributed by atoms with Gasteiger partial charge >= 0.3 is 0 Å². The summed E-state index contributed by atoms with van der Waals surface area (Å²) in [6.07, 6.45) is 5.95. The molecule has 6 aromatic rings. The molecule has 0 aliphatic rings. The minimum absolute atomic E-state index is 0. The molecule has 0 fully saturated rings. The van der Waals surface area contributed by atoms with Crippen LogP contribution in [0, 0.1) is 13.0 Å². The molecule has 0 amide bonds. The van der Waals surface area contributed by atoms with Crippen molar-refractivity contribution in [3.63, 3.8) is 0 Å². The maximum Gasteiger partial charge on any atom is 0.0875 e. The minimum atomic E-state index is 0. The number of hydrogen-bond acceptors (Lipinski definition) is 1. The van der Waals surface area contributed by atoms with E-state index in [9.17, 15) is 0 Å². The van der Waals surface area contributed by atoms with Gasteiger partial charge in [0.15, 0.2) is 0 Å². The van der Waals surface area contributed by atoms with Crippen LogP contribution in [0.5, 0.6) is 0 Å². The van der Waals surface area contributed by atoms with Gasteiger partial charge in [-0.15, -0.1) is 5.56 Å². The third-order valence-electron chi connectivity index (χ3n) is 6.04. The second-order valence-corrected chi connectivity index (χ2v) is 7.84. The van der Waals surface area contributed by atoms with Crippen LogP contribution in [0.3, 0.4) is 0 Å². The van der Waals surface area contributed by atoms with Crippen LogP contribution in [0.4, 0.5) is 0 Å². The van der Waals surface area contributed by atoms with Gasteiger partial charge in [-0.3, -0.25) is 4.52 Å². The molecule has 3 aromatic heterocycles. The van der Waals surface area contributed by atoms with E-state index in [0.29, 0.717) is 0 Å². The molecule has 0 spiro atoms. The quantitative estimate of drug-likeness (QED) is 0.207. The zero-order chi connectivity index (χ0) is 20.9. The Kier molecular flexibility index (Phi) is 5.05. The largest absolute Gasteiger partial charge is 0.367 e. The SMILES string of the molecule is C=Cc1ccc(-c2cc3c4ccnn4c4[c-]ccc(-c5ccccc5C)c4n3c2)cc1.[Ir]. The summed E-state index contributed by atoms with van der Waals surface area (Å²) in [5.74, 6) is 0. The van der Waals surface area contributed by atoms with Crippen LogP contribution in [-0.2, 0) is 20.1 Å². The van der Waals surface area contributed by atoms with E-state index in [1.165, 1.54) is 27.8 Å². The van der Waals surface area contributed by atoms with Gasteiger partial charge in [-0.2, -0.15) is 23.3 Å². The molecule has 3 nitrogen and oxygen atoms in total. The molecule has 3 heterocycles. The van der Waals surface area contributed by atoms with Gasteiger partial charge in [-0.05, 0) is 57.9 Å². The van der Waals surface area contributed by atoms with E-state index in [1.54, 1.807) is 0 Å². The molecular weight excluding hydrogens is 571 g/mol. The number of fused-ring (bicyclic) bond motifs is 6. The summed E-state index contributed by atoms with van der Waals surface area (Å²) >= 11 is 0. The van der Waals surface area contributed by atoms with Gasteiger partial charge in [0.2, 0.25) is 0 Å². The first-order valence-corrected chi connectivity index (χ1v) is 10.4. The average molecular weight is 591 g/mol. The topological polar surface area (TPSA) is 21.7 Å². The Hall–Kier alpha value is -3.46. The summed E-state index contributed by atoms with van der Waals surface area (Å²) in [5, 5.41) is 4.62. The zero-order valence-corrected chi connectivity index (χ0v) is 19.9. The smallest absolute Gasteiger partial charge is 0.0875 e. The van der Waals surface area contributed by atoms with Crippen LogP contribution in [0.2, 0.25) is 0 Å². The molecule has 6 rings (SSSR count). The molecule has 0 saturated heterocycles. The van der Waals surface area contributed by atoms with Gasteiger partial charge < -0.3 is 4.40 Å². The number of rotatable bonds is 3. The fraction of sp³-hybridized carbons (Fsp3) is 0.0357. The van der Waals surface area contributed by atoms with E-state index in [0.717, 1.165) is 27.6 Å². The molecule has 157 valence electrons. The Labute approximate surface area is 200 Å². The van der Waals surface area contributed by atoms with Crippen molar-refractivity contribution in [2.45, 2.75) is 6.92 Å². The summed E-state index contributed by atoms with van der Waals surface area (Å²) in [6.45, 7) is 6.02. The van der Waals surface area contributed by atoms with Crippen LogP contribution < -0.4 is 0 Å². The van der Waals surface area contributed by atoms with Crippen molar-refractivity contribution < 1.29 is 20.1 Å². The first kappa shape index (κ1) is 20.4. The van der Waals surface area contributed by atoms with Crippen molar-refractivity contribution in [2.24, 2.45) is 0 Å². The number of nitrogens with zero attached hydrogens (tertiary/aromatic N) is 3. The predicted octanol–water partition coefficient (Wildman–Crippen LogP) is 6.82. The monoisotopic (exact) mass is 591 g/mol. The molecule has 0 saturated carbocycles. The molecule has 3 aromatic carbocycles. The normalized spacial score (nSPS) is 11.2. The molecule has 0 N–H and O–H groups in total. The molecular formula is C28H20IrN3-. The second-order valence-electron chi connectivity index (χ2n) is 7.84. The number of benzene rings is 3. The molecule has 0 atom stereocenters. The maximum absolute atomic E-state index is 4.62. The predicted molar refractivity (Wildman–Crippen MR) is 128 cm³/mol. The number of hydrogen-bond donors (Lipinski definition) is 0. The third-order valence-corrected chi connectivity index (χ3v) is 6.04. The van der Waals surface area contributed by atoms with Crippen molar-refractivity contribution in [1.29, 1.82) is 0 Å². The molecule has 32 heavy (non-hydrogen) atoms. The molecule has 4 heteroatoms. The van der Waals surface area contributed by atoms with E-state index < -0.39 is 0 Å². The third kappa shape index (κ3) is 3.03. The Morgan fingerprint density at radius 3 is 2.50 bits per heavy atom. The van der Waals surface area contributed by atoms with Gasteiger partial charge in [0.1, 0.15) is 0 Å². The Morgan fingerprint density at radius 2 is 1.72 bits per heavy atom. The Morgan fingerprint density at radius 1 is 0.906 bits per heavy atom. The van der Waals surface area contributed by atoms with Crippen molar-refractivity contribution in [2.75, 3.05) is 0 Å². The van der Waals surface area contributed by atoms with Gasteiger partial charge in [-0.25, -0.2) is 0 Å². The molecule has 0 aliphatic heterocycles. The van der Waals surface area contributed by atoms with Crippen LogP contribution in [0.1, 0.15) is 11.1 Å². The zero-order valence-electron chi connectivity index (χ0n) is 17.5. The fourth-order valence-electron chi connectivity index (χ4n) is 4.47. The Balaban J connectivity index is 0.00000216. The second kappa shape index (κ2) is 7.90. The average Bonchev–Trinajstić information content (AvgIpc) is 3.47. The summed E-state index contributed by atoms with van der Waals surface area (Å²) in [5.41, 5.74) is 11.4. The van der Waals surface area contributed by atoms with Gasteiger partial charge in [0.05, 0.1) is 11.0 Å². The van der Waals surface area contributed by atoms with E-state index in [4.69, 9.17) is 0 Å². The summed E-state index contributed by atoms with van der Waals surface area (Å²) < 4.78 is 4.29. The fourth-order valence-corrected chi connectivity index (χ4v) is 4.47. The molecule has 0 bridgehead atoms. The van der Waals surface area contributed by atoms with Crippen molar-refractivity contribution in [1.82, 2.24) is 14.0 Å². The summed E-state index contributed by atoms with van der Waals surface area (Å²) in [6, 6.07) is 28.9. The first-order chi connectivity index (χ1) is 15.2. The van der Waals surface area contributed by atoms with Gasteiger partial charge in [-0.1, -0.05) is 61.2 Å². The van der Waals surface area contributed by atoms with E-state index in [2.05, 4.69) is 102 Å². The summed E-state index contributed by atoms with van der Waals surface area (Å²) in [7, 11) is 0. The molecule has 0 unspecified atom stereocenters. The van der Waals surface area contributed by atoms with Gasteiger partial charge in [0.25, 0.3) is 0 Å². The van der Waals surface area contributed by atoms with Gasteiger partial charge in [0, 0.05) is 32.5 Å². The first-order valence-electron chi connectivity index (χ1n) is 10.4. The summed E-state index contributed by atoms with van der Waals surface area (Å²) in [4.78, 5) is 0. The van der Waals surface area contributed by atoms with E-state index in [-0.39, 0.29) is 20.1 Å². The van der Waals surface area contributed by atoms with Crippen molar-refractivity contribution >= 4 is 28.1 Å².